The molecule has 0 radical (unpaired) electrons. The molecule has 3 heteroatoms. The minimum atomic E-state index is 0.186. The van der Waals surface area contributed by atoms with E-state index in [1.165, 1.54) is 5.56 Å². The number of methoxy groups -OCH3 is 2. The summed E-state index contributed by atoms with van der Waals surface area (Å²) in [4.78, 5) is 0. The van der Waals surface area contributed by atoms with E-state index in [1.807, 2.05) is 12.1 Å². The number of para-hydroxylation sites is 1. The van der Waals surface area contributed by atoms with Crippen LogP contribution in [0.25, 0.3) is 0 Å². The van der Waals surface area contributed by atoms with Crippen LogP contribution in [-0.4, -0.2) is 26.4 Å². The third-order valence-corrected chi connectivity index (χ3v) is 4.52. The van der Waals surface area contributed by atoms with Crippen molar-refractivity contribution in [2.45, 2.75) is 45.4 Å². The topological polar surface area (TPSA) is 30.5 Å². The van der Waals surface area contributed by atoms with E-state index in [1.54, 1.807) is 14.2 Å². The lowest BCUT2D eigenvalue weighted by Crippen LogP contribution is -2.60. The van der Waals surface area contributed by atoms with E-state index in [-0.39, 0.29) is 11.5 Å². The first-order valence-electron chi connectivity index (χ1n) is 6.92. The zero-order chi connectivity index (χ0) is 14.0. The van der Waals surface area contributed by atoms with Crippen molar-refractivity contribution >= 4 is 0 Å². The molecule has 3 nitrogen and oxygen atoms in total. The van der Waals surface area contributed by atoms with Crippen molar-refractivity contribution in [1.29, 1.82) is 0 Å². The fourth-order valence-corrected chi connectivity index (χ4v) is 2.98. The van der Waals surface area contributed by atoms with Crippen molar-refractivity contribution in [2.24, 2.45) is 5.41 Å². The molecule has 0 heterocycles. The minimum Gasteiger partial charge on any atom is -0.496 e. The lowest BCUT2D eigenvalue weighted by molar-refractivity contribution is -0.0999. The second kappa shape index (κ2) is 5.51. The van der Waals surface area contributed by atoms with Crippen LogP contribution in [0.15, 0.2) is 24.3 Å². The van der Waals surface area contributed by atoms with Gasteiger partial charge in [0.15, 0.2) is 0 Å². The van der Waals surface area contributed by atoms with E-state index in [0.29, 0.717) is 12.1 Å². The van der Waals surface area contributed by atoms with Crippen LogP contribution in [0.4, 0.5) is 0 Å². The van der Waals surface area contributed by atoms with Gasteiger partial charge in [-0.05, 0) is 19.4 Å². The summed E-state index contributed by atoms with van der Waals surface area (Å²) >= 11 is 0. The first-order chi connectivity index (χ1) is 9.00. The second-order valence-electron chi connectivity index (χ2n) is 5.96. The molecule has 2 rings (SSSR count). The zero-order valence-corrected chi connectivity index (χ0v) is 12.6. The molecule has 106 valence electrons. The van der Waals surface area contributed by atoms with Gasteiger partial charge in [0.2, 0.25) is 0 Å². The van der Waals surface area contributed by atoms with Gasteiger partial charge < -0.3 is 14.8 Å². The van der Waals surface area contributed by atoms with Gasteiger partial charge in [0.05, 0.1) is 13.2 Å². The van der Waals surface area contributed by atoms with E-state index in [2.05, 4.69) is 38.2 Å². The molecule has 1 aromatic rings. The highest BCUT2D eigenvalue weighted by atomic mass is 16.5. The summed E-state index contributed by atoms with van der Waals surface area (Å²) in [5.74, 6) is 0.947. The SMILES string of the molecule is COc1ccccc1C(C)NC1CC(OC)C1(C)C. The van der Waals surface area contributed by atoms with Crippen molar-refractivity contribution in [3.05, 3.63) is 29.8 Å². The highest BCUT2D eigenvalue weighted by molar-refractivity contribution is 5.35. The third-order valence-electron chi connectivity index (χ3n) is 4.52. The third kappa shape index (κ3) is 2.63. The summed E-state index contributed by atoms with van der Waals surface area (Å²) in [7, 11) is 3.52. The maximum absolute atomic E-state index is 5.50. The van der Waals surface area contributed by atoms with Gasteiger partial charge in [-0.15, -0.1) is 0 Å². The van der Waals surface area contributed by atoms with Crippen molar-refractivity contribution in [1.82, 2.24) is 5.32 Å². The van der Waals surface area contributed by atoms with Crippen LogP contribution in [0.2, 0.25) is 0 Å². The summed E-state index contributed by atoms with van der Waals surface area (Å²) in [6.45, 7) is 6.71. The number of hydrogen-bond donors (Lipinski definition) is 1. The second-order valence-corrected chi connectivity index (χ2v) is 5.96. The maximum atomic E-state index is 5.50. The van der Waals surface area contributed by atoms with Crippen LogP contribution >= 0.6 is 0 Å². The molecule has 19 heavy (non-hydrogen) atoms. The van der Waals surface area contributed by atoms with Gasteiger partial charge in [0.25, 0.3) is 0 Å². The van der Waals surface area contributed by atoms with Gasteiger partial charge in [-0.1, -0.05) is 32.0 Å². The van der Waals surface area contributed by atoms with Crippen molar-refractivity contribution in [2.75, 3.05) is 14.2 Å². The number of ether oxygens (including phenoxy) is 2. The predicted molar refractivity (Wildman–Crippen MR) is 77.5 cm³/mol. The fourth-order valence-electron chi connectivity index (χ4n) is 2.98. The van der Waals surface area contributed by atoms with Crippen LogP contribution in [0.1, 0.15) is 38.8 Å². The molecule has 1 N–H and O–H groups in total. The molecular weight excluding hydrogens is 238 g/mol. The van der Waals surface area contributed by atoms with Gasteiger partial charge in [-0.3, -0.25) is 0 Å². The van der Waals surface area contributed by atoms with Crippen molar-refractivity contribution in [3.63, 3.8) is 0 Å². The normalized spacial score (nSPS) is 26.6. The van der Waals surface area contributed by atoms with E-state index in [9.17, 15) is 0 Å². The Morgan fingerprint density at radius 2 is 1.95 bits per heavy atom. The highest BCUT2D eigenvalue weighted by Crippen LogP contribution is 2.43. The Labute approximate surface area is 116 Å². The zero-order valence-electron chi connectivity index (χ0n) is 12.6. The molecule has 0 amide bonds. The molecule has 0 aromatic heterocycles. The Hall–Kier alpha value is -1.06. The van der Waals surface area contributed by atoms with Crippen molar-refractivity contribution in [3.8, 4) is 5.75 Å². The Morgan fingerprint density at radius 1 is 1.26 bits per heavy atom. The highest BCUT2D eigenvalue weighted by Gasteiger charge is 2.48. The molecule has 0 bridgehead atoms. The first-order valence-corrected chi connectivity index (χ1v) is 6.92. The monoisotopic (exact) mass is 263 g/mol. The van der Waals surface area contributed by atoms with Crippen LogP contribution in [0.5, 0.6) is 5.75 Å². The smallest absolute Gasteiger partial charge is 0.123 e. The van der Waals surface area contributed by atoms with Gasteiger partial charge in [0, 0.05) is 30.2 Å². The molecule has 3 atom stereocenters. The number of benzene rings is 1. The van der Waals surface area contributed by atoms with Gasteiger partial charge in [-0.25, -0.2) is 0 Å². The van der Waals surface area contributed by atoms with Crippen LogP contribution in [0.3, 0.4) is 0 Å². The van der Waals surface area contributed by atoms with Crippen LogP contribution < -0.4 is 10.1 Å². The van der Waals surface area contributed by atoms with E-state index >= 15 is 0 Å². The quantitative estimate of drug-likeness (QED) is 0.885. The Morgan fingerprint density at radius 3 is 2.53 bits per heavy atom. The van der Waals surface area contributed by atoms with E-state index in [0.717, 1.165) is 12.2 Å². The molecule has 1 fully saturated rings. The number of nitrogens with one attached hydrogen (secondary N) is 1. The Balaban J connectivity index is 2.04. The molecule has 1 saturated carbocycles. The van der Waals surface area contributed by atoms with Crippen LogP contribution in [0, 0.1) is 5.41 Å². The number of hydrogen-bond acceptors (Lipinski definition) is 3. The molecule has 0 saturated heterocycles. The predicted octanol–water partition coefficient (Wildman–Crippen LogP) is 3.16. The van der Waals surface area contributed by atoms with Gasteiger partial charge >= 0.3 is 0 Å². The summed E-state index contributed by atoms with van der Waals surface area (Å²) in [6, 6.07) is 8.95. The van der Waals surface area contributed by atoms with Crippen LogP contribution in [-0.2, 0) is 4.74 Å². The average molecular weight is 263 g/mol. The lowest BCUT2D eigenvalue weighted by atomic mass is 9.64. The molecule has 3 unspecified atom stereocenters. The van der Waals surface area contributed by atoms with E-state index in [4.69, 9.17) is 9.47 Å². The standard InChI is InChI=1S/C16H25NO2/c1-11(12-8-6-7-9-13(12)18-4)17-14-10-15(19-5)16(14,2)3/h6-9,11,14-15,17H,10H2,1-5H3. The summed E-state index contributed by atoms with van der Waals surface area (Å²) in [6.07, 6.45) is 1.43. The summed E-state index contributed by atoms with van der Waals surface area (Å²) in [5, 5.41) is 3.70. The van der Waals surface area contributed by atoms with Crippen molar-refractivity contribution < 1.29 is 9.47 Å². The molecule has 1 aromatic carbocycles. The molecule has 1 aliphatic carbocycles. The summed E-state index contributed by atoms with van der Waals surface area (Å²) < 4.78 is 10.9. The largest absolute Gasteiger partial charge is 0.496 e. The number of rotatable bonds is 5. The minimum absolute atomic E-state index is 0.186. The molecule has 0 aliphatic heterocycles. The Bertz CT molecular complexity index is 431. The lowest BCUT2D eigenvalue weighted by Gasteiger charge is -2.52. The summed E-state index contributed by atoms with van der Waals surface area (Å²) in [5.41, 5.74) is 1.40. The molecule has 0 spiro atoms. The van der Waals surface area contributed by atoms with E-state index < -0.39 is 0 Å². The molecular formula is C16H25NO2. The fraction of sp³-hybridized carbons (Fsp3) is 0.625. The molecule has 1 aliphatic rings. The van der Waals surface area contributed by atoms with Gasteiger partial charge in [0.1, 0.15) is 5.75 Å². The first kappa shape index (κ1) is 14.4. The Kier molecular flexibility index (Phi) is 4.16. The average Bonchev–Trinajstić information content (AvgIpc) is 2.42. The van der Waals surface area contributed by atoms with Gasteiger partial charge in [-0.2, -0.15) is 0 Å². The maximum Gasteiger partial charge on any atom is 0.123 e.